The quantitative estimate of drug-likeness (QED) is 0.852. The zero-order chi connectivity index (χ0) is 14.8. The predicted octanol–water partition coefficient (Wildman–Crippen LogP) is 1.72. The van der Waals surface area contributed by atoms with Crippen LogP contribution in [0, 0.1) is 11.8 Å². The van der Waals surface area contributed by atoms with Crippen molar-refractivity contribution in [3.05, 3.63) is 24.0 Å². The van der Waals surface area contributed by atoms with Crippen LogP contribution in [0.25, 0.3) is 0 Å². The molecule has 23 heavy (non-hydrogen) atoms. The third-order valence-corrected chi connectivity index (χ3v) is 4.58. The molecule has 0 radical (unpaired) electrons. The highest BCUT2D eigenvalue weighted by Crippen LogP contribution is 2.35. The van der Waals surface area contributed by atoms with Gasteiger partial charge in [0.2, 0.25) is 0 Å². The number of nitrogens with one attached hydrogen (secondary N) is 1. The van der Waals surface area contributed by atoms with Gasteiger partial charge in [-0.2, -0.15) is 0 Å². The number of aliphatic hydroxyl groups excluding tert-OH is 1. The van der Waals surface area contributed by atoms with E-state index < -0.39 is 0 Å². The molecule has 1 saturated carbocycles. The Hall–Kier alpha value is -0.590. The average molecular weight is 364 g/mol. The van der Waals surface area contributed by atoms with Crippen LogP contribution in [0.1, 0.15) is 18.5 Å². The zero-order valence-corrected chi connectivity index (χ0v) is 15.3. The molecule has 1 aromatic heterocycles. The van der Waals surface area contributed by atoms with Crippen molar-refractivity contribution in [3.63, 3.8) is 0 Å². The summed E-state index contributed by atoms with van der Waals surface area (Å²) in [6, 6.07) is 3.85. The highest BCUT2D eigenvalue weighted by Gasteiger charge is 2.40. The van der Waals surface area contributed by atoms with Gasteiger partial charge in [0.05, 0.1) is 11.8 Å². The fourth-order valence-corrected chi connectivity index (χ4v) is 3.50. The first-order chi connectivity index (χ1) is 10.1. The van der Waals surface area contributed by atoms with Crippen molar-refractivity contribution in [2.75, 3.05) is 27.2 Å². The molecule has 0 amide bonds. The molecule has 2 aliphatic rings. The average Bonchev–Trinajstić information content (AvgIpc) is 2.88. The Morgan fingerprint density at radius 3 is 2.65 bits per heavy atom. The number of aliphatic hydroxyl groups is 1. The first kappa shape index (κ1) is 20.5. The number of hydrogen-bond acceptors (Lipinski definition) is 5. The maximum absolute atomic E-state index is 10.4. The van der Waals surface area contributed by atoms with E-state index in [1.165, 1.54) is 0 Å². The Morgan fingerprint density at radius 2 is 1.96 bits per heavy atom. The molecule has 1 aliphatic heterocycles. The molecule has 7 heteroatoms. The highest BCUT2D eigenvalue weighted by atomic mass is 35.5. The minimum absolute atomic E-state index is 0. The molecule has 0 bridgehead atoms. The van der Waals surface area contributed by atoms with Crippen LogP contribution in [0.2, 0.25) is 0 Å². The Balaban J connectivity index is 0.00000132. The van der Waals surface area contributed by atoms with Gasteiger partial charge in [-0.3, -0.25) is 4.98 Å². The minimum atomic E-state index is -0.376. The second-order valence-corrected chi connectivity index (χ2v) is 6.56. The number of hydrogen-bond donors (Lipinski definition) is 2. The van der Waals surface area contributed by atoms with Gasteiger partial charge in [-0.25, -0.2) is 0 Å². The number of pyridine rings is 1. The second-order valence-electron chi connectivity index (χ2n) is 6.56. The lowest BCUT2D eigenvalue weighted by Gasteiger charge is -2.35. The molecule has 2 fully saturated rings. The van der Waals surface area contributed by atoms with Gasteiger partial charge in [-0.05, 0) is 64.0 Å². The number of rotatable bonds is 4. The summed E-state index contributed by atoms with van der Waals surface area (Å²) >= 11 is 0. The van der Waals surface area contributed by atoms with Gasteiger partial charge in [0.15, 0.2) is 0 Å². The lowest BCUT2D eigenvalue weighted by Crippen LogP contribution is -2.42. The van der Waals surface area contributed by atoms with Crippen molar-refractivity contribution in [1.82, 2.24) is 15.2 Å². The van der Waals surface area contributed by atoms with Gasteiger partial charge in [0.1, 0.15) is 11.9 Å². The van der Waals surface area contributed by atoms with Gasteiger partial charge in [-0.15, -0.1) is 24.8 Å². The molecule has 3 rings (SSSR count). The number of ether oxygens (including phenoxy) is 1. The van der Waals surface area contributed by atoms with Crippen LogP contribution in [0.15, 0.2) is 18.3 Å². The molecule has 132 valence electrons. The van der Waals surface area contributed by atoms with E-state index in [2.05, 4.69) is 15.2 Å². The second kappa shape index (κ2) is 9.04. The lowest BCUT2D eigenvalue weighted by molar-refractivity contribution is -0.0239. The van der Waals surface area contributed by atoms with Gasteiger partial charge in [0, 0.05) is 12.7 Å². The van der Waals surface area contributed by atoms with E-state index in [-0.39, 0.29) is 37.0 Å². The molecule has 4 atom stereocenters. The summed E-state index contributed by atoms with van der Waals surface area (Å²) in [4.78, 5) is 6.49. The van der Waals surface area contributed by atoms with E-state index in [9.17, 15) is 5.11 Å². The third kappa shape index (κ3) is 4.94. The topological polar surface area (TPSA) is 57.6 Å². The van der Waals surface area contributed by atoms with Gasteiger partial charge in [0.25, 0.3) is 0 Å². The minimum Gasteiger partial charge on any atom is -0.486 e. The molecule has 1 aliphatic carbocycles. The van der Waals surface area contributed by atoms with Crippen molar-refractivity contribution >= 4 is 24.8 Å². The smallest absolute Gasteiger partial charge is 0.142 e. The highest BCUT2D eigenvalue weighted by molar-refractivity contribution is 5.85. The molecule has 1 aromatic rings. The van der Waals surface area contributed by atoms with E-state index in [1.807, 2.05) is 26.2 Å². The summed E-state index contributed by atoms with van der Waals surface area (Å²) in [6.45, 7) is 2.83. The van der Waals surface area contributed by atoms with Crippen LogP contribution in [0.5, 0.6) is 5.75 Å². The molecule has 2 N–H and O–H groups in total. The maximum atomic E-state index is 10.4. The first-order valence-electron chi connectivity index (χ1n) is 7.77. The van der Waals surface area contributed by atoms with E-state index in [0.717, 1.165) is 43.9 Å². The Bertz CT molecular complexity index is 490. The molecule has 1 saturated heterocycles. The van der Waals surface area contributed by atoms with Crippen LogP contribution in [0.3, 0.4) is 0 Å². The van der Waals surface area contributed by atoms with E-state index in [4.69, 9.17) is 4.74 Å². The largest absolute Gasteiger partial charge is 0.486 e. The number of aromatic nitrogens is 1. The number of fused-ring (bicyclic) bond motifs is 1. The van der Waals surface area contributed by atoms with Gasteiger partial charge >= 0.3 is 0 Å². The van der Waals surface area contributed by atoms with Crippen molar-refractivity contribution in [1.29, 1.82) is 0 Å². The monoisotopic (exact) mass is 363 g/mol. The van der Waals surface area contributed by atoms with Gasteiger partial charge < -0.3 is 20.1 Å². The molecular weight excluding hydrogens is 337 g/mol. The van der Waals surface area contributed by atoms with Crippen LogP contribution < -0.4 is 10.1 Å². The molecule has 5 nitrogen and oxygen atoms in total. The summed E-state index contributed by atoms with van der Waals surface area (Å²) in [5.74, 6) is 2.04. The van der Waals surface area contributed by atoms with E-state index >= 15 is 0 Å². The Labute approximate surface area is 150 Å². The van der Waals surface area contributed by atoms with Crippen LogP contribution in [0.4, 0.5) is 0 Å². The first-order valence-corrected chi connectivity index (χ1v) is 7.77. The fraction of sp³-hybridized carbons (Fsp3) is 0.688. The predicted molar refractivity (Wildman–Crippen MR) is 95.6 cm³/mol. The standard InChI is InChI=1S/C16H25N3O2.2ClH/c1-19(2)10-13-15(4-3-5-18-13)21-16-7-12-9-17-8-11(12)6-14(16)20;;/h3-5,11-12,14,16-17,20H,6-10H2,1-2H3;2*1H/t11-,12+,14+,16+;;/m0../s1. The summed E-state index contributed by atoms with van der Waals surface area (Å²) in [7, 11) is 4.03. The van der Waals surface area contributed by atoms with Crippen LogP contribution >= 0.6 is 24.8 Å². The van der Waals surface area contributed by atoms with Gasteiger partial charge in [-0.1, -0.05) is 0 Å². The third-order valence-electron chi connectivity index (χ3n) is 4.58. The van der Waals surface area contributed by atoms with Crippen LogP contribution in [-0.4, -0.2) is 54.4 Å². The summed E-state index contributed by atoms with van der Waals surface area (Å²) in [5, 5.41) is 13.8. The zero-order valence-electron chi connectivity index (χ0n) is 13.6. The molecule has 0 unspecified atom stereocenters. The molecule has 0 aromatic carbocycles. The Morgan fingerprint density at radius 1 is 1.26 bits per heavy atom. The summed E-state index contributed by atoms with van der Waals surface area (Å²) in [5.41, 5.74) is 0.932. The lowest BCUT2D eigenvalue weighted by atomic mass is 9.78. The molecule has 0 spiro atoms. The number of halogens is 2. The molecule has 2 heterocycles. The Kier molecular flexibility index (Phi) is 8.04. The van der Waals surface area contributed by atoms with Crippen molar-refractivity contribution in [2.24, 2.45) is 11.8 Å². The molecular formula is C16H27Cl2N3O2. The van der Waals surface area contributed by atoms with E-state index in [1.54, 1.807) is 6.20 Å². The van der Waals surface area contributed by atoms with Crippen molar-refractivity contribution < 1.29 is 9.84 Å². The van der Waals surface area contributed by atoms with E-state index in [0.29, 0.717) is 11.8 Å². The summed E-state index contributed by atoms with van der Waals surface area (Å²) < 4.78 is 6.14. The normalized spacial score (nSPS) is 29.4. The summed E-state index contributed by atoms with van der Waals surface area (Å²) in [6.07, 6.45) is 3.07. The van der Waals surface area contributed by atoms with Crippen LogP contribution in [-0.2, 0) is 6.54 Å². The SMILES string of the molecule is CN(C)Cc1ncccc1O[C@@H]1C[C@@H]2CNC[C@@H]2C[C@H]1O.Cl.Cl. The van der Waals surface area contributed by atoms with Crippen molar-refractivity contribution in [3.8, 4) is 5.75 Å². The maximum Gasteiger partial charge on any atom is 0.142 e. The van der Waals surface area contributed by atoms with Crippen molar-refractivity contribution in [2.45, 2.75) is 31.6 Å². The fourth-order valence-electron chi connectivity index (χ4n) is 3.50. The number of nitrogens with zero attached hydrogens (tertiary/aromatic N) is 2.